The van der Waals surface area contributed by atoms with Gasteiger partial charge in [-0.05, 0) is 17.7 Å². The van der Waals surface area contributed by atoms with E-state index in [2.05, 4.69) is 15.6 Å². The number of amides is 2. The van der Waals surface area contributed by atoms with Gasteiger partial charge in [0.25, 0.3) is 0 Å². The first-order valence-corrected chi connectivity index (χ1v) is 9.55. The van der Waals surface area contributed by atoms with Crippen LogP contribution in [0.2, 0.25) is 0 Å². The Balaban J connectivity index is 1.58. The molecule has 3 rings (SSSR count). The predicted octanol–water partition coefficient (Wildman–Crippen LogP) is 2.82. The van der Waals surface area contributed by atoms with E-state index in [1.54, 1.807) is 25.3 Å². The number of hydrogen-bond acceptors (Lipinski definition) is 6. The molecule has 2 aromatic carbocycles. The highest BCUT2D eigenvalue weighted by molar-refractivity contribution is 8.15. The standard InChI is InChI=1S/C20H21N3O4S/c1-26-14-8-9-15(16(10-14)27-2)22-18(24)11-17-19(25)23-20(28-17)21-12-13-6-4-3-5-7-13/h3-10,17H,11-12H2,1-2H3,(H,22,24)(H,21,23,25). The molecule has 146 valence electrons. The van der Waals surface area contributed by atoms with Crippen molar-refractivity contribution >= 4 is 34.4 Å². The van der Waals surface area contributed by atoms with E-state index in [-0.39, 0.29) is 18.2 Å². The monoisotopic (exact) mass is 399 g/mol. The van der Waals surface area contributed by atoms with Crippen molar-refractivity contribution in [2.24, 2.45) is 4.99 Å². The number of rotatable bonds is 7. The molecule has 2 amide bonds. The highest BCUT2D eigenvalue weighted by atomic mass is 32.2. The van der Waals surface area contributed by atoms with Gasteiger partial charge in [-0.1, -0.05) is 42.1 Å². The van der Waals surface area contributed by atoms with Gasteiger partial charge in [-0.25, -0.2) is 0 Å². The number of carbonyl (C=O) groups excluding carboxylic acids is 2. The summed E-state index contributed by atoms with van der Waals surface area (Å²) in [5.74, 6) is 0.621. The molecule has 0 bridgehead atoms. The second-order valence-corrected chi connectivity index (χ2v) is 7.21. The zero-order valence-electron chi connectivity index (χ0n) is 15.6. The molecule has 8 heteroatoms. The first-order valence-electron chi connectivity index (χ1n) is 8.67. The summed E-state index contributed by atoms with van der Waals surface area (Å²) >= 11 is 1.27. The molecule has 1 fully saturated rings. The third-order valence-corrected chi connectivity index (χ3v) is 5.20. The van der Waals surface area contributed by atoms with Crippen LogP contribution in [0.3, 0.4) is 0 Å². The first-order chi connectivity index (χ1) is 13.6. The molecule has 0 spiro atoms. The van der Waals surface area contributed by atoms with Crippen molar-refractivity contribution in [2.75, 3.05) is 19.5 Å². The Kier molecular flexibility index (Phi) is 6.54. The first kappa shape index (κ1) is 19.8. The summed E-state index contributed by atoms with van der Waals surface area (Å²) in [7, 11) is 3.07. The van der Waals surface area contributed by atoms with Gasteiger partial charge in [0.1, 0.15) is 16.7 Å². The number of aliphatic imine (C=N–C) groups is 1. The lowest BCUT2D eigenvalue weighted by Gasteiger charge is -2.12. The van der Waals surface area contributed by atoms with Gasteiger partial charge in [0.15, 0.2) is 5.17 Å². The van der Waals surface area contributed by atoms with Gasteiger partial charge >= 0.3 is 0 Å². The molecule has 0 saturated carbocycles. The average Bonchev–Trinajstić information content (AvgIpc) is 3.06. The average molecular weight is 399 g/mol. The molecule has 1 aliphatic heterocycles. The summed E-state index contributed by atoms with van der Waals surface area (Å²) in [4.78, 5) is 29.0. The maximum atomic E-state index is 12.4. The molecule has 7 nitrogen and oxygen atoms in total. The Morgan fingerprint density at radius 3 is 2.68 bits per heavy atom. The van der Waals surface area contributed by atoms with Crippen LogP contribution >= 0.6 is 11.8 Å². The molecule has 0 aromatic heterocycles. The van der Waals surface area contributed by atoms with Gasteiger partial charge in [0.05, 0.1) is 26.5 Å². The van der Waals surface area contributed by atoms with E-state index in [1.807, 2.05) is 30.3 Å². The molecular weight excluding hydrogens is 378 g/mol. The molecule has 1 aliphatic rings. The number of nitrogens with one attached hydrogen (secondary N) is 2. The predicted molar refractivity (Wildman–Crippen MR) is 110 cm³/mol. The molecule has 2 N–H and O–H groups in total. The minimum absolute atomic E-state index is 0.0377. The molecule has 1 saturated heterocycles. The Morgan fingerprint density at radius 2 is 1.96 bits per heavy atom. The van der Waals surface area contributed by atoms with E-state index in [0.29, 0.717) is 28.9 Å². The molecule has 1 atom stereocenters. The largest absolute Gasteiger partial charge is 0.497 e. The molecule has 28 heavy (non-hydrogen) atoms. The quantitative estimate of drug-likeness (QED) is 0.747. The van der Waals surface area contributed by atoms with Gasteiger partial charge in [0, 0.05) is 12.5 Å². The maximum Gasteiger partial charge on any atom is 0.240 e. The van der Waals surface area contributed by atoms with Crippen molar-refractivity contribution in [3.8, 4) is 11.5 Å². The Morgan fingerprint density at radius 1 is 1.18 bits per heavy atom. The minimum atomic E-state index is -0.515. The number of amidine groups is 1. The molecule has 0 aliphatic carbocycles. The fourth-order valence-electron chi connectivity index (χ4n) is 2.63. The van der Waals surface area contributed by atoms with Gasteiger partial charge in [-0.15, -0.1) is 0 Å². The molecule has 1 heterocycles. The van der Waals surface area contributed by atoms with E-state index < -0.39 is 5.25 Å². The number of nitrogens with zero attached hydrogens (tertiary/aromatic N) is 1. The Labute approximate surface area is 167 Å². The fraction of sp³-hybridized carbons (Fsp3) is 0.250. The number of benzene rings is 2. The molecule has 1 unspecified atom stereocenters. The molecule has 0 radical (unpaired) electrons. The summed E-state index contributed by atoms with van der Waals surface area (Å²) in [5.41, 5.74) is 1.58. The van der Waals surface area contributed by atoms with E-state index in [1.165, 1.54) is 18.9 Å². The van der Waals surface area contributed by atoms with Gasteiger partial charge < -0.3 is 20.1 Å². The second kappa shape index (κ2) is 9.27. The van der Waals surface area contributed by atoms with Gasteiger partial charge in [-0.2, -0.15) is 0 Å². The van der Waals surface area contributed by atoms with Crippen molar-refractivity contribution in [1.82, 2.24) is 5.32 Å². The van der Waals surface area contributed by atoms with E-state index >= 15 is 0 Å². The van der Waals surface area contributed by atoms with Crippen molar-refractivity contribution in [3.05, 3.63) is 54.1 Å². The van der Waals surface area contributed by atoms with Crippen LogP contribution in [0.5, 0.6) is 11.5 Å². The smallest absolute Gasteiger partial charge is 0.240 e. The number of ether oxygens (including phenoxy) is 2. The van der Waals surface area contributed by atoms with Crippen molar-refractivity contribution < 1.29 is 19.1 Å². The number of anilines is 1. The lowest BCUT2D eigenvalue weighted by atomic mass is 10.2. The number of hydrogen-bond donors (Lipinski definition) is 2. The topological polar surface area (TPSA) is 89.0 Å². The number of carbonyl (C=O) groups is 2. The lowest BCUT2D eigenvalue weighted by Crippen LogP contribution is -2.28. The summed E-state index contributed by atoms with van der Waals surface area (Å²) < 4.78 is 10.4. The van der Waals surface area contributed by atoms with Crippen LogP contribution in [-0.4, -0.2) is 36.5 Å². The third-order valence-electron chi connectivity index (χ3n) is 4.08. The highest BCUT2D eigenvalue weighted by Gasteiger charge is 2.32. The SMILES string of the molecule is COc1ccc(NC(=O)CC2SC(=NCc3ccccc3)NC2=O)c(OC)c1. The summed E-state index contributed by atoms with van der Waals surface area (Å²) in [6.07, 6.45) is 0.0377. The van der Waals surface area contributed by atoms with Crippen molar-refractivity contribution in [1.29, 1.82) is 0 Å². The van der Waals surface area contributed by atoms with E-state index in [9.17, 15) is 9.59 Å². The van der Waals surface area contributed by atoms with Crippen LogP contribution < -0.4 is 20.1 Å². The van der Waals surface area contributed by atoms with Gasteiger partial charge in [-0.3, -0.25) is 14.6 Å². The van der Waals surface area contributed by atoms with Crippen LogP contribution in [0.15, 0.2) is 53.5 Å². The van der Waals surface area contributed by atoms with Crippen LogP contribution in [0.4, 0.5) is 5.69 Å². The minimum Gasteiger partial charge on any atom is -0.497 e. The van der Waals surface area contributed by atoms with E-state index in [0.717, 1.165) is 5.56 Å². The normalized spacial score (nSPS) is 17.3. The van der Waals surface area contributed by atoms with Crippen molar-refractivity contribution in [3.63, 3.8) is 0 Å². The van der Waals surface area contributed by atoms with E-state index in [4.69, 9.17) is 9.47 Å². The maximum absolute atomic E-state index is 12.4. The van der Waals surface area contributed by atoms with Crippen LogP contribution in [0.1, 0.15) is 12.0 Å². The zero-order valence-corrected chi connectivity index (χ0v) is 16.4. The summed E-state index contributed by atoms with van der Waals surface area (Å²) in [6, 6.07) is 14.9. The lowest BCUT2D eigenvalue weighted by molar-refractivity contribution is -0.122. The molecule has 2 aromatic rings. The summed E-state index contributed by atoms with van der Waals surface area (Å²) in [5, 5.41) is 5.53. The van der Waals surface area contributed by atoms with Crippen LogP contribution in [0.25, 0.3) is 0 Å². The fourth-order valence-corrected chi connectivity index (χ4v) is 3.60. The second-order valence-electron chi connectivity index (χ2n) is 6.02. The highest BCUT2D eigenvalue weighted by Crippen LogP contribution is 2.30. The zero-order chi connectivity index (χ0) is 19.9. The van der Waals surface area contributed by atoms with Crippen LogP contribution in [0, 0.1) is 0 Å². The third kappa shape index (κ3) is 5.04. The summed E-state index contributed by atoms with van der Waals surface area (Å²) in [6.45, 7) is 0.478. The van der Waals surface area contributed by atoms with Gasteiger partial charge in [0.2, 0.25) is 11.8 Å². The number of methoxy groups -OCH3 is 2. The van der Waals surface area contributed by atoms with Crippen molar-refractivity contribution in [2.45, 2.75) is 18.2 Å². The van der Waals surface area contributed by atoms with Crippen LogP contribution in [-0.2, 0) is 16.1 Å². The number of thioether (sulfide) groups is 1. The Hall–Kier alpha value is -3.00. The Bertz CT molecular complexity index is 886. The molecular formula is C20H21N3O4S.